The Balaban J connectivity index is 0.00000176. The summed E-state index contributed by atoms with van der Waals surface area (Å²) in [6.07, 6.45) is 1.31. The van der Waals surface area contributed by atoms with Crippen molar-refractivity contribution < 1.29 is 18.1 Å². The summed E-state index contributed by atoms with van der Waals surface area (Å²) in [5, 5.41) is 9.63. The summed E-state index contributed by atoms with van der Waals surface area (Å²) in [6.45, 7) is 0.336. The minimum Gasteiger partial charge on any atom is -0.423 e. The fourth-order valence-corrected chi connectivity index (χ4v) is 3.48. The van der Waals surface area contributed by atoms with Crippen LogP contribution in [0.3, 0.4) is 0 Å². The van der Waals surface area contributed by atoms with Crippen molar-refractivity contribution in [1.29, 1.82) is 0 Å². The van der Waals surface area contributed by atoms with E-state index < -0.39 is 17.0 Å². The van der Waals surface area contributed by atoms with E-state index in [-0.39, 0.29) is 23.2 Å². The third kappa shape index (κ3) is 3.25. The molecule has 6 nitrogen and oxygen atoms in total. The minimum atomic E-state index is -3.55. The number of nitrogens with zero attached hydrogens (tertiary/aromatic N) is 1. The standard InChI is InChI=1S/C13H13BN2O4S.ClH/c15-11-3-4-13(16-6-11)21(18,19)8-9-1-2-10-7-20-14(17)12(10)5-9;/h1-6,17H,7-8,15H2;1H. The first-order chi connectivity index (χ1) is 9.95. The molecular formula is C13H14BClN2O4S. The molecule has 2 heterocycles. The van der Waals surface area contributed by atoms with E-state index in [9.17, 15) is 13.4 Å². The number of benzene rings is 1. The van der Waals surface area contributed by atoms with Crippen LogP contribution in [0.25, 0.3) is 0 Å². The lowest BCUT2D eigenvalue weighted by atomic mass is 9.79. The third-order valence-electron chi connectivity index (χ3n) is 3.31. The van der Waals surface area contributed by atoms with Crippen LogP contribution in [-0.4, -0.2) is 25.5 Å². The molecule has 0 fully saturated rings. The number of sulfone groups is 1. The molecule has 1 aromatic heterocycles. The van der Waals surface area contributed by atoms with Crippen LogP contribution in [0.2, 0.25) is 0 Å². The summed E-state index contributed by atoms with van der Waals surface area (Å²) in [7, 11) is -4.54. The summed E-state index contributed by atoms with van der Waals surface area (Å²) in [4.78, 5) is 3.85. The molecular weight excluding hydrogens is 326 g/mol. The normalized spacial score (nSPS) is 13.6. The quantitative estimate of drug-likeness (QED) is 0.778. The van der Waals surface area contributed by atoms with Crippen molar-refractivity contribution in [3.8, 4) is 0 Å². The zero-order valence-electron chi connectivity index (χ0n) is 11.5. The first-order valence-corrected chi connectivity index (χ1v) is 7.96. The van der Waals surface area contributed by atoms with Crippen molar-refractivity contribution in [3.05, 3.63) is 47.7 Å². The van der Waals surface area contributed by atoms with Gasteiger partial charge in [-0.3, -0.25) is 0 Å². The highest BCUT2D eigenvalue weighted by molar-refractivity contribution is 7.90. The molecule has 0 aliphatic carbocycles. The number of halogens is 1. The lowest BCUT2D eigenvalue weighted by Crippen LogP contribution is -2.28. The highest BCUT2D eigenvalue weighted by Gasteiger charge is 2.28. The first-order valence-electron chi connectivity index (χ1n) is 6.31. The minimum absolute atomic E-state index is 0. The molecule has 0 radical (unpaired) electrons. The number of rotatable bonds is 3. The molecule has 1 aromatic carbocycles. The summed E-state index contributed by atoms with van der Waals surface area (Å²) in [6, 6.07) is 8.03. The van der Waals surface area contributed by atoms with Crippen molar-refractivity contribution in [1.82, 2.24) is 4.98 Å². The number of aromatic nitrogens is 1. The molecule has 9 heteroatoms. The first kappa shape index (κ1) is 16.8. The molecule has 1 aliphatic heterocycles. The number of pyridine rings is 1. The molecule has 2 aromatic rings. The van der Waals surface area contributed by atoms with Crippen LogP contribution in [0.1, 0.15) is 11.1 Å². The smallest absolute Gasteiger partial charge is 0.423 e. The van der Waals surface area contributed by atoms with Gasteiger partial charge in [0.1, 0.15) is 0 Å². The molecule has 116 valence electrons. The van der Waals surface area contributed by atoms with Crippen molar-refractivity contribution in [2.24, 2.45) is 0 Å². The lowest BCUT2D eigenvalue weighted by Gasteiger charge is -2.06. The Morgan fingerprint density at radius 2 is 2.09 bits per heavy atom. The van der Waals surface area contributed by atoms with Crippen LogP contribution in [0.4, 0.5) is 5.69 Å². The van der Waals surface area contributed by atoms with E-state index >= 15 is 0 Å². The maximum Gasteiger partial charge on any atom is 0.491 e. The van der Waals surface area contributed by atoms with Gasteiger partial charge in [-0.15, -0.1) is 12.4 Å². The Morgan fingerprint density at radius 3 is 2.77 bits per heavy atom. The molecule has 0 bridgehead atoms. The van der Waals surface area contributed by atoms with E-state index in [1.807, 2.05) is 0 Å². The van der Waals surface area contributed by atoms with Crippen LogP contribution in [-0.2, 0) is 26.9 Å². The number of fused-ring (bicyclic) bond motifs is 1. The molecule has 3 N–H and O–H groups in total. The van der Waals surface area contributed by atoms with Gasteiger partial charge in [0.15, 0.2) is 14.9 Å². The monoisotopic (exact) mass is 340 g/mol. The van der Waals surface area contributed by atoms with Crippen LogP contribution >= 0.6 is 12.4 Å². The van der Waals surface area contributed by atoms with Gasteiger partial charge in [-0.25, -0.2) is 13.4 Å². The van der Waals surface area contributed by atoms with Crippen LogP contribution in [0.5, 0.6) is 0 Å². The van der Waals surface area contributed by atoms with E-state index in [2.05, 4.69) is 4.98 Å². The Kier molecular flexibility index (Phi) is 4.76. The molecule has 0 atom stereocenters. The Labute approximate surface area is 134 Å². The van der Waals surface area contributed by atoms with E-state index in [4.69, 9.17) is 10.4 Å². The van der Waals surface area contributed by atoms with Gasteiger partial charge < -0.3 is 15.4 Å². The van der Waals surface area contributed by atoms with E-state index in [0.29, 0.717) is 23.3 Å². The van der Waals surface area contributed by atoms with Gasteiger partial charge in [-0.05, 0) is 28.7 Å². The van der Waals surface area contributed by atoms with E-state index in [1.165, 1.54) is 18.3 Å². The Morgan fingerprint density at radius 1 is 1.32 bits per heavy atom. The number of hydrogen-bond acceptors (Lipinski definition) is 6. The molecule has 22 heavy (non-hydrogen) atoms. The van der Waals surface area contributed by atoms with E-state index in [1.54, 1.807) is 18.2 Å². The van der Waals surface area contributed by atoms with Crippen molar-refractivity contribution in [3.63, 3.8) is 0 Å². The second-order valence-electron chi connectivity index (χ2n) is 4.89. The number of anilines is 1. The molecule has 0 unspecified atom stereocenters. The lowest BCUT2D eigenvalue weighted by molar-refractivity contribution is 0.275. The van der Waals surface area contributed by atoms with Crippen LogP contribution < -0.4 is 11.2 Å². The maximum atomic E-state index is 12.3. The molecule has 1 aliphatic rings. The fourth-order valence-electron chi connectivity index (χ4n) is 2.22. The topological polar surface area (TPSA) is 103 Å². The number of hydrogen-bond donors (Lipinski definition) is 2. The Hall–Kier alpha value is -1.61. The van der Waals surface area contributed by atoms with Crippen molar-refractivity contribution in [2.45, 2.75) is 17.4 Å². The zero-order valence-corrected chi connectivity index (χ0v) is 13.1. The van der Waals surface area contributed by atoms with Gasteiger partial charge in [0.2, 0.25) is 0 Å². The Bertz CT molecular complexity index is 783. The SMILES string of the molecule is Cl.Nc1ccc(S(=O)(=O)Cc2ccc3c(c2)B(O)OC3)nc1. The average Bonchev–Trinajstić information content (AvgIpc) is 2.80. The molecule has 0 saturated carbocycles. The van der Waals surface area contributed by atoms with E-state index in [0.717, 1.165) is 5.56 Å². The third-order valence-corrected chi connectivity index (χ3v) is 4.90. The van der Waals surface area contributed by atoms with Crippen molar-refractivity contribution in [2.75, 3.05) is 5.73 Å². The molecule has 0 saturated heterocycles. The van der Waals surface area contributed by atoms with Gasteiger partial charge in [-0.1, -0.05) is 18.2 Å². The average molecular weight is 341 g/mol. The molecule has 0 amide bonds. The van der Waals surface area contributed by atoms with Gasteiger partial charge in [0.05, 0.1) is 24.2 Å². The fraction of sp³-hybridized carbons (Fsp3) is 0.154. The number of nitrogen functional groups attached to an aromatic ring is 1. The van der Waals surface area contributed by atoms with Gasteiger partial charge in [-0.2, -0.15) is 0 Å². The summed E-state index contributed by atoms with van der Waals surface area (Å²) >= 11 is 0. The van der Waals surface area contributed by atoms with Gasteiger partial charge in [0.25, 0.3) is 0 Å². The predicted molar refractivity (Wildman–Crippen MR) is 85.6 cm³/mol. The number of nitrogens with two attached hydrogens (primary N) is 1. The largest absolute Gasteiger partial charge is 0.491 e. The highest BCUT2D eigenvalue weighted by Crippen LogP contribution is 2.17. The predicted octanol–water partition coefficient (Wildman–Crippen LogP) is 0.277. The summed E-state index contributed by atoms with van der Waals surface area (Å²) in [5.74, 6) is -0.191. The molecule has 3 rings (SSSR count). The molecule has 0 spiro atoms. The van der Waals surface area contributed by atoms with Gasteiger partial charge in [0, 0.05) is 0 Å². The van der Waals surface area contributed by atoms with Crippen LogP contribution in [0.15, 0.2) is 41.6 Å². The highest BCUT2D eigenvalue weighted by atomic mass is 35.5. The van der Waals surface area contributed by atoms with Crippen molar-refractivity contribution >= 4 is 40.5 Å². The maximum absolute atomic E-state index is 12.3. The second kappa shape index (κ2) is 6.25. The van der Waals surface area contributed by atoms with Gasteiger partial charge >= 0.3 is 7.12 Å². The second-order valence-corrected chi connectivity index (χ2v) is 6.82. The van der Waals surface area contributed by atoms with Crippen LogP contribution in [0, 0.1) is 0 Å². The summed E-state index contributed by atoms with van der Waals surface area (Å²) in [5.41, 5.74) is 7.98. The zero-order chi connectivity index (χ0) is 15.0. The summed E-state index contributed by atoms with van der Waals surface area (Å²) < 4.78 is 29.7.